The molecule has 1 N–H and O–H groups in total. The molecule has 0 aromatic heterocycles. The molecule has 0 bridgehead atoms. The van der Waals surface area contributed by atoms with Crippen LogP contribution in [0.5, 0.6) is 0 Å². The predicted molar refractivity (Wildman–Crippen MR) is 102 cm³/mol. The minimum Gasteiger partial charge on any atom is -0.371 e. The predicted octanol–water partition coefficient (Wildman–Crippen LogP) is 2.70. The summed E-state index contributed by atoms with van der Waals surface area (Å²) < 4.78 is 13.1. The first kappa shape index (κ1) is 18.3. The Kier molecular flexibility index (Phi) is 5.32. The number of piperidine rings is 1. The highest BCUT2D eigenvalue weighted by Crippen LogP contribution is 2.30. The van der Waals surface area contributed by atoms with E-state index in [9.17, 15) is 14.0 Å². The second-order valence-corrected chi connectivity index (χ2v) is 8.13. The van der Waals surface area contributed by atoms with E-state index < -0.39 is 0 Å². The molecule has 3 aliphatic rings. The zero-order valence-electron chi connectivity index (χ0n) is 15.7. The van der Waals surface area contributed by atoms with Gasteiger partial charge in [0.15, 0.2) is 0 Å². The first-order chi connectivity index (χ1) is 13.1. The molecule has 27 heavy (non-hydrogen) atoms. The molecule has 4 rings (SSSR count). The molecule has 1 atom stereocenters. The summed E-state index contributed by atoms with van der Waals surface area (Å²) in [6.07, 6.45) is 6.66. The number of carbonyl (C=O) groups is 2. The molecule has 1 saturated carbocycles. The third kappa shape index (κ3) is 4.09. The first-order valence-electron chi connectivity index (χ1n) is 10.2. The number of likely N-dealkylation sites (tertiary alicyclic amines) is 1. The molecular weight excluding hydrogens is 345 g/mol. The Hall–Kier alpha value is -2.11. The number of nitrogens with zero attached hydrogens (tertiary/aromatic N) is 2. The third-order valence-electron chi connectivity index (χ3n) is 6.33. The van der Waals surface area contributed by atoms with E-state index in [1.807, 2.05) is 4.90 Å². The fourth-order valence-electron chi connectivity index (χ4n) is 4.73. The van der Waals surface area contributed by atoms with E-state index in [4.69, 9.17) is 0 Å². The molecule has 0 unspecified atom stereocenters. The summed E-state index contributed by atoms with van der Waals surface area (Å²) in [5.74, 6) is -0.246. The van der Waals surface area contributed by atoms with Crippen LogP contribution in [0.25, 0.3) is 0 Å². The van der Waals surface area contributed by atoms with Crippen molar-refractivity contribution >= 4 is 17.5 Å². The monoisotopic (exact) mass is 373 g/mol. The highest BCUT2D eigenvalue weighted by Gasteiger charge is 2.39. The topological polar surface area (TPSA) is 52.7 Å². The van der Waals surface area contributed by atoms with Crippen LogP contribution in [0.15, 0.2) is 24.3 Å². The molecule has 0 spiro atoms. The standard InChI is InChI=1S/C21H28FN3O2/c22-16-5-7-18(8-6-16)24-11-9-17(10-12-24)23-21(27)15-13-20(26)25(14-15)19-3-1-2-4-19/h5-8,15,17,19H,1-4,9-14H2,(H,23,27)/t15-/m0/s1. The highest BCUT2D eigenvalue weighted by atomic mass is 19.1. The molecule has 0 radical (unpaired) electrons. The average Bonchev–Trinajstić information content (AvgIpc) is 3.32. The van der Waals surface area contributed by atoms with Crippen LogP contribution in [0.4, 0.5) is 10.1 Å². The lowest BCUT2D eigenvalue weighted by Gasteiger charge is -2.34. The molecule has 2 saturated heterocycles. The van der Waals surface area contributed by atoms with Gasteiger partial charge in [-0.3, -0.25) is 9.59 Å². The molecule has 2 heterocycles. The van der Waals surface area contributed by atoms with Crippen molar-refractivity contribution in [2.75, 3.05) is 24.5 Å². The van der Waals surface area contributed by atoms with Crippen molar-refractivity contribution in [3.8, 4) is 0 Å². The van der Waals surface area contributed by atoms with Crippen LogP contribution in [0.1, 0.15) is 44.9 Å². The summed E-state index contributed by atoms with van der Waals surface area (Å²) in [6.45, 7) is 2.27. The number of carbonyl (C=O) groups excluding carboxylic acids is 2. The number of hydrogen-bond acceptors (Lipinski definition) is 3. The Balaban J connectivity index is 1.26. The van der Waals surface area contributed by atoms with Gasteiger partial charge in [0, 0.05) is 43.8 Å². The number of hydrogen-bond donors (Lipinski definition) is 1. The lowest BCUT2D eigenvalue weighted by molar-refractivity contribution is -0.130. The van der Waals surface area contributed by atoms with Crippen molar-refractivity contribution in [1.82, 2.24) is 10.2 Å². The minimum absolute atomic E-state index is 0.0316. The zero-order chi connectivity index (χ0) is 18.8. The maximum Gasteiger partial charge on any atom is 0.225 e. The van der Waals surface area contributed by atoms with E-state index in [0.29, 0.717) is 19.0 Å². The van der Waals surface area contributed by atoms with Crippen LogP contribution in [0.3, 0.4) is 0 Å². The van der Waals surface area contributed by atoms with Crippen molar-refractivity contribution in [2.45, 2.75) is 57.0 Å². The van der Waals surface area contributed by atoms with E-state index in [1.165, 1.54) is 25.0 Å². The van der Waals surface area contributed by atoms with E-state index in [1.54, 1.807) is 12.1 Å². The Bertz CT molecular complexity index is 679. The second-order valence-electron chi connectivity index (χ2n) is 8.13. The molecule has 2 aliphatic heterocycles. The van der Waals surface area contributed by atoms with Crippen molar-refractivity contribution in [3.63, 3.8) is 0 Å². The lowest BCUT2D eigenvalue weighted by Crippen LogP contribution is -2.47. The third-order valence-corrected chi connectivity index (χ3v) is 6.33. The largest absolute Gasteiger partial charge is 0.371 e. The molecular formula is C21H28FN3O2. The van der Waals surface area contributed by atoms with Gasteiger partial charge < -0.3 is 15.1 Å². The van der Waals surface area contributed by atoms with Gasteiger partial charge in [-0.05, 0) is 49.9 Å². The van der Waals surface area contributed by atoms with Gasteiger partial charge in [0.05, 0.1) is 5.92 Å². The number of rotatable bonds is 4. The van der Waals surface area contributed by atoms with Gasteiger partial charge in [-0.25, -0.2) is 4.39 Å². The fraction of sp³-hybridized carbons (Fsp3) is 0.619. The van der Waals surface area contributed by atoms with Gasteiger partial charge in [0.2, 0.25) is 11.8 Å². The number of benzene rings is 1. The van der Waals surface area contributed by atoms with Crippen molar-refractivity contribution in [2.24, 2.45) is 5.92 Å². The molecule has 146 valence electrons. The van der Waals surface area contributed by atoms with Gasteiger partial charge in [-0.2, -0.15) is 0 Å². The summed E-state index contributed by atoms with van der Waals surface area (Å²) >= 11 is 0. The van der Waals surface area contributed by atoms with E-state index in [0.717, 1.165) is 44.5 Å². The lowest BCUT2D eigenvalue weighted by atomic mass is 10.0. The van der Waals surface area contributed by atoms with Crippen LogP contribution in [-0.2, 0) is 9.59 Å². The second kappa shape index (κ2) is 7.87. The van der Waals surface area contributed by atoms with Crippen LogP contribution in [0, 0.1) is 11.7 Å². The number of nitrogens with one attached hydrogen (secondary N) is 1. The Morgan fingerprint density at radius 1 is 1.04 bits per heavy atom. The summed E-state index contributed by atoms with van der Waals surface area (Å²) in [6, 6.07) is 7.08. The van der Waals surface area contributed by atoms with Crippen LogP contribution < -0.4 is 10.2 Å². The van der Waals surface area contributed by atoms with E-state index >= 15 is 0 Å². The van der Waals surface area contributed by atoms with Gasteiger partial charge in [-0.1, -0.05) is 12.8 Å². The Labute approximate surface area is 159 Å². The van der Waals surface area contributed by atoms with E-state index in [-0.39, 0.29) is 29.6 Å². The summed E-state index contributed by atoms with van der Waals surface area (Å²) in [5.41, 5.74) is 1.02. The van der Waals surface area contributed by atoms with E-state index in [2.05, 4.69) is 10.2 Å². The van der Waals surface area contributed by atoms with Gasteiger partial charge in [0.25, 0.3) is 0 Å². The summed E-state index contributed by atoms with van der Waals surface area (Å²) in [5, 5.41) is 3.17. The Morgan fingerprint density at radius 2 is 1.70 bits per heavy atom. The molecule has 6 heteroatoms. The molecule has 3 fully saturated rings. The van der Waals surface area contributed by atoms with Crippen LogP contribution in [-0.4, -0.2) is 48.4 Å². The number of anilines is 1. The van der Waals surface area contributed by atoms with Crippen LogP contribution >= 0.6 is 0 Å². The maximum absolute atomic E-state index is 13.1. The van der Waals surface area contributed by atoms with Gasteiger partial charge in [0.1, 0.15) is 5.82 Å². The molecule has 1 aliphatic carbocycles. The smallest absolute Gasteiger partial charge is 0.225 e. The molecule has 2 amide bonds. The number of amides is 2. The van der Waals surface area contributed by atoms with Crippen molar-refractivity contribution in [3.05, 3.63) is 30.1 Å². The normalized spacial score (nSPS) is 24.6. The quantitative estimate of drug-likeness (QED) is 0.883. The fourth-order valence-corrected chi connectivity index (χ4v) is 4.73. The number of halogens is 1. The zero-order valence-corrected chi connectivity index (χ0v) is 15.7. The first-order valence-corrected chi connectivity index (χ1v) is 10.2. The Morgan fingerprint density at radius 3 is 2.37 bits per heavy atom. The highest BCUT2D eigenvalue weighted by molar-refractivity contribution is 5.89. The molecule has 1 aromatic carbocycles. The van der Waals surface area contributed by atoms with Gasteiger partial charge in [-0.15, -0.1) is 0 Å². The summed E-state index contributed by atoms with van der Waals surface area (Å²) in [7, 11) is 0. The van der Waals surface area contributed by atoms with Gasteiger partial charge >= 0.3 is 0 Å². The molecule has 1 aromatic rings. The van der Waals surface area contributed by atoms with Crippen molar-refractivity contribution < 1.29 is 14.0 Å². The average molecular weight is 373 g/mol. The maximum atomic E-state index is 13.1. The SMILES string of the molecule is O=C(NC1CCN(c2ccc(F)cc2)CC1)[C@H]1CC(=O)N(C2CCCC2)C1. The molecule has 5 nitrogen and oxygen atoms in total. The minimum atomic E-state index is -0.223. The summed E-state index contributed by atoms with van der Waals surface area (Å²) in [4.78, 5) is 29.1. The van der Waals surface area contributed by atoms with Crippen LogP contribution in [0.2, 0.25) is 0 Å². The van der Waals surface area contributed by atoms with Crippen molar-refractivity contribution in [1.29, 1.82) is 0 Å².